The molecule has 3 N–H and O–H groups in total. The van der Waals surface area contributed by atoms with Crippen LogP contribution in [0.3, 0.4) is 0 Å². The Bertz CT molecular complexity index is 549. The summed E-state index contributed by atoms with van der Waals surface area (Å²) in [5, 5.41) is 20.9. The van der Waals surface area contributed by atoms with E-state index in [2.05, 4.69) is 29.4 Å². The van der Waals surface area contributed by atoms with Gasteiger partial charge >= 0.3 is 0 Å². The van der Waals surface area contributed by atoms with E-state index in [0.29, 0.717) is 11.6 Å². The van der Waals surface area contributed by atoms with Gasteiger partial charge in [0.15, 0.2) is 5.69 Å². The van der Waals surface area contributed by atoms with Gasteiger partial charge in [0.1, 0.15) is 0 Å². The number of hydrogen-bond acceptors (Lipinski definition) is 4. The number of nitrogens with zero attached hydrogens (tertiary/aromatic N) is 1. The first-order valence-corrected chi connectivity index (χ1v) is 7.49. The first-order chi connectivity index (χ1) is 9.60. The molecule has 2 aromatic rings. The van der Waals surface area contributed by atoms with Gasteiger partial charge in [-0.15, -0.1) is 11.3 Å². The molecule has 0 aliphatic rings. The number of nitrogens with one attached hydrogen (secondary N) is 2. The molecule has 20 heavy (non-hydrogen) atoms. The number of aliphatic hydroxyl groups is 1. The Labute approximate surface area is 122 Å². The van der Waals surface area contributed by atoms with Crippen LogP contribution in [0.1, 0.15) is 30.8 Å². The zero-order valence-corrected chi connectivity index (χ0v) is 12.4. The molecular formula is C14H19N3O2S. The van der Waals surface area contributed by atoms with E-state index in [1.807, 2.05) is 17.5 Å². The molecule has 0 radical (unpaired) electrons. The van der Waals surface area contributed by atoms with Crippen molar-refractivity contribution in [2.75, 3.05) is 6.61 Å². The third-order valence-electron chi connectivity index (χ3n) is 2.91. The second kappa shape index (κ2) is 6.67. The van der Waals surface area contributed by atoms with Crippen LogP contribution < -0.4 is 5.32 Å². The van der Waals surface area contributed by atoms with E-state index in [1.54, 1.807) is 17.4 Å². The Morgan fingerprint density at radius 2 is 2.35 bits per heavy atom. The minimum atomic E-state index is -0.260. The van der Waals surface area contributed by atoms with Gasteiger partial charge in [-0.3, -0.25) is 9.89 Å². The summed E-state index contributed by atoms with van der Waals surface area (Å²) < 4.78 is 0. The maximum absolute atomic E-state index is 12.1. The normalized spacial score (nSPS) is 12.6. The summed E-state index contributed by atoms with van der Waals surface area (Å²) in [7, 11) is 0. The average Bonchev–Trinajstić information content (AvgIpc) is 3.07. The number of carbonyl (C=O) groups excluding carboxylic acids is 1. The fourth-order valence-electron chi connectivity index (χ4n) is 2.00. The number of carbonyl (C=O) groups is 1. The second-order valence-corrected chi connectivity index (χ2v) is 6.07. The summed E-state index contributed by atoms with van der Waals surface area (Å²) >= 11 is 1.58. The van der Waals surface area contributed by atoms with Crippen LogP contribution in [-0.4, -0.2) is 33.9 Å². The molecule has 2 aromatic heterocycles. The molecule has 0 fully saturated rings. The van der Waals surface area contributed by atoms with Crippen molar-refractivity contribution in [3.63, 3.8) is 0 Å². The van der Waals surface area contributed by atoms with Crippen molar-refractivity contribution >= 4 is 17.2 Å². The van der Waals surface area contributed by atoms with Crippen molar-refractivity contribution < 1.29 is 9.90 Å². The van der Waals surface area contributed by atoms with E-state index >= 15 is 0 Å². The van der Waals surface area contributed by atoms with Gasteiger partial charge in [0.2, 0.25) is 0 Å². The first-order valence-electron chi connectivity index (χ1n) is 6.61. The van der Waals surface area contributed by atoms with Gasteiger partial charge in [-0.1, -0.05) is 19.9 Å². The largest absolute Gasteiger partial charge is 0.394 e. The summed E-state index contributed by atoms with van der Waals surface area (Å²) in [4.78, 5) is 13.1. The molecule has 0 aliphatic heterocycles. The van der Waals surface area contributed by atoms with Gasteiger partial charge in [0, 0.05) is 0 Å². The lowest BCUT2D eigenvalue weighted by Crippen LogP contribution is -2.38. The van der Waals surface area contributed by atoms with Gasteiger partial charge in [0.05, 0.1) is 23.2 Å². The highest BCUT2D eigenvalue weighted by molar-refractivity contribution is 7.13. The Balaban J connectivity index is 2.02. The molecular weight excluding hydrogens is 274 g/mol. The van der Waals surface area contributed by atoms with Crippen LogP contribution in [0.15, 0.2) is 23.6 Å². The van der Waals surface area contributed by atoms with Crippen molar-refractivity contribution in [2.24, 2.45) is 5.92 Å². The Morgan fingerprint density at radius 3 is 2.95 bits per heavy atom. The summed E-state index contributed by atoms with van der Waals surface area (Å²) in [5.74, 6) is 0.150. The molecule has 6 heteroatoms. The molecule has 0 aliphatic carbocycles. The van der Waals surface area contributed by atoms with Crippen molar-refractivity contribution in [1.29, 1.82) is 0 Å². The third kappa shape index (κ3) is 3.68. The molecule has 0 saturated carbocycles. The molecule has 108 valence electrons. The zero-order valence-electron chi connectivity index (χ0n) is 11.6. The Kier molecular flexibility index (Phi) is 4.92. The molecule has 2 heterocycles. The standard InChI is InChI=1S/C14H19N3O2S/c1-9(2)6-10(8-18)15-14(19)12-7-11(16-17-12)13-4-3-5-20-13/h3-5,7,9-10,18H,6,8H2,1-2H3,(H,15,19)(H,16,17). The second-order valence-electron chi connectivity index (χ2n) is 5.13. The monoisotopic (exact) mass is 293 g/mol. The number of hydrogen-bond donors (Lipinski definition) is 3. The highest BCUT2D eigenvalue weighted by atomic mass is 32.1. The minimum absolute atomic E-state index is 0.0634. The van der Waals surface area contributed by atoms with Gasteiger partial charge < -0.3 is 10.4 Å². The fraction of sp³-hybridized carbons (Fsp3) is 0.429. The number of aliphatic hydroxyl groups excluding tert-OH is 1. The maximum atomic E-state index is 12.1. The quantitative estimate of drug-likeness (QED) is 0.764. The lowest BCUT2D eigenvalue weighted by Gasteiger charge is -2.17. The smallest absolute Gasteiger partial charge is 0.272 e. The number of H-pyrrole nitrogens is 1. The Morgan fingerprint density at radius 1 is 1.55 bits per heavy atom. The van der Waals surface area contributed by atoms with E-state index in [-0.39, 0.29) is 18.6 Å². The van der Waals surface area contributed by atoms with Gasteiger partial charge in [0.25, 0.3) is 5.91 Å². The topological polar surface area (TPSA) is 78.0 Å². The van der Waals surface area contributed by atoms with Crippen molar-refractivity contribution in [3.8, 4) is 10.6 Å². The maximum Gasteiger partial charge on any atom is 0.272 e. The van der Waals surface area contributed by atoms with E-state index < -0.39 is 0 Å². The summed E-state index contributed by atoms with van der Waals surface area (Å²) in [6.45, 7) is 4.04. The molecule has 1 atom stereocenters. The number of aromatic nitrogens is 2. The summed E-state index contributed by atoms with van der Waals surface area (Å²) in [6, 6.07) is 5.41. The van der Waals surface area contributed by atoms with Crippen LogP contribution in [-0.2, 0) is 0 Å². The van der Waals surface area contributed by atoms with Crippen LogP contribution in [0.5, 0.6) is 0 Å². The summed E-state index contributed by atoms with van der Waals surface area (Å²) in [5.41, 5.74) is 1.17. The number of amides is 1. The van der Waals surface area contributed by atoms with Crippen LogP contribution in [0.25, 0.3) is 10.6 Å². The van der Waals surface area contributed by atoms with E-state index in [4.69, 9.17) is 0 Å². The molecule has 0 saturated heterocycles. The lowest BCUT2D eigenvalue weighted by atomic mass is 10.0. The molecule has 1 amide bonds. The number of aromatic amines is 1. The highest BCUT2D eigenvalue weighted by Crippen LogP contribution is 2.22. The van der Waals surface area contributed by atoms with Crippen molar-refractivity contribution in [3.05, 3.63) is 29.3 Å². The van der Waals surface area contributed by atoms with Crippen molar-refractivity contribution in [1.82, 2.24) is 15.5 Å². The van der Waals surface area contributed by atoms with E-state index in [0.717, 1.165) is 17.0 Å². The molecule has 0 spiro atoms. The number of thiophene rings is 1. The molecule has 5 nitrogen and oxygen atoms in total. The number of rotatable bonds is 6. The first kappa shape index (κ1) is 14.7. The van der Waals surface area contributed by atoms with Gasteiger partial charge in [-0.05, 0) is 29.9 Å². The van der Waals surface area contributed by atoms with Crippen LogP contribution >= 0.6 is 11.3 Å². The molecule has 2 rings (SSSR count). The minimum Gasteiger partial charge on any atom is -0.394 e. The van der Waals surface area contributed by atoms with Crippen LogP contribution in [0.4, 0.5) is 0 Å². The predicted molar refractivity (Wildman–Crippen MR) is 79.7 cm³/mol. The SMILES string of the molecule is CC(C)CC(CO)NC(=O)c1cc(-c2cccs2)[nH]n1. The average molecular weight is 293 g/mol. The van der Waals surface area contributed by atoms with Crippen LogP contribution in [0, 0.1) is 5.92 Å². The van der Waals surface area contributed by atoms with Crippen LogP contribution in [0.2, 0.25) is 0 Å². The highest BCUT2D eigenvalue weighted by Gasteiger charge is 2.17. The lowest BCUT2D eigenvalue weighted by molar-refractivity contribution is 0.0903. The van der Waals surface area contributed by atoms with Gasteiger partial charge in [-0.2, -0.15) is 5.10 Å². The van der Waals surface area contributed by atoms with E-state index in [1.165, 1.54) is 0 Å². The van der Waals surface area contributed by atoms with E-state index in [9.17, 15) is 9.90 Å². The summed E-state index contributed by atoms with van der Waals surface area (Å²) in [6.07, 6.45) is 0.741. The Hall–Kier alpha value is -1.66. The molecule has 0 aromatic carbocycles. The van der Waals surface area contributed by atoms with Gasteiger partial charge in [-0.25, -0.2) is 0 Å². The zero-order chi connectivity index (χ0) is 14.5. The predicted octanol–water partition coefficient (Wildman–Crippen LogP) is 2.27. The van der Waals surface area contributed by atoms with Crippen molar-refractivity contribution in [2.45, 2.75) is 26.3 Å². The molecule has 0 bridgehead atoms. The molecule has 1 unspecified atom stereocenters. The fourth-order valence-corrected chi connectivity index (χ4v) is 2.70. The third-order valence-corrected chi connectivity index (χ3v) is 3.81.